The van der Waals surface area contributed by atoms with Gasteiger partial charge >= 0.3 is 0 Å². The molecule has 166 valence electrons. The van der Waals surface area contributed by atoms with Gasteiger partial charge in [0, 0.05) is 7.11 Å². The molecular formula is C28H37NO2. The topological polar surface area (TPSA) is 30.5 Å². The van der Waals surface area contributed by atoms with Crippen LogP contribution < -0.4 is 5.32 Å². The Labute approximate surface area is 188 Å². The van der Waals surface area contributed by atoms with Crippen molar-refractivity contribution in [2.45, 2.75) is 57.8 Å². The first-order valence-corrected chi connectivity index (χ1v) is 11.2. The Morgan fingerprint density at radius 2 is 1.42 bits per heavy atom. The first-order valence-electron chi connectivity index (χ1n) is 11.2. The highest BCUT2D eigenvalue weighted by Crippen LogP contribution is 2.47. The second kappa shape index (κ2) is 9.52. The number of benzene rings is 2. The summed E-state index contributed by atoms with van der Waals surface area (Å²) in [6, 6.07) is 13.1. The van der Waals surface area contributed by atoms with Crippen molar-refractivity contribution in [3.8, 4) is 11.1 Å². The lowest BCUT2D eigenvalue weighted by atomic mass is 9.95. The predicted molar refractivity (Wildman–Crippen MR) is 132 cm³/mol. The molecule has 0 aromatic heterocycles. The zero-order valence-corrected chi connectivity index (χ0v) is 19.8. The molecule has 2 aromatic carbocycles. The number of ether oxygens (including phenoxy) is 2. The van der Waals surface area contributed by atoms with Gasteiger partial charge in [-0.05, 0) is 80.5 Å². The molecule has 0 unspecified atom stereocenters. The third-order valence-corrected chi connectivity index (χ3v) is 6.39. The van der Waals surface area contributed by atoms with Crippen molar-refractivity contribution in [3.63, 3.8) is 0 Å². The molecule has 0 saturated heterocycles. The van der Waals surface area contributed by atoms with Gasteiger partial charge < -0.3 is 14.8 Å². The van der Waals surface area contributed by atoms with E-state index in [4.69, 9.17) is 9.47 Å². The van der Waals surface area contributed by atoms with Crippen LogP contribution in [0.3, 0.4) is 0 Å². The highest BCUT2D eigenvalue weighted by molar-refractivity contribution is 5.90. The molecule has 1 aliphatic rings. The summed E-state index contributed by atoms with van der Waals surface area (Å²) in [5.74, 6) is 0. The maximum atomic E-state index is 6.20. The van der Waals surface area contributed by atoms with E-state index in [1.807, 2.05) is 12.2 Å². The standard InChI is InChI=1S/C28H37NO2/c1-8-20-12-10-14-22-24(20)25-21(9-2)13-11-15-23(25)26(22)29-18-16-28(5,6)31-19-17-27(3,4)30-7/h8-15,26,29H,1-2,16-19H2,3-7H3. The highest BCUT2D eigenvalue weighted by Gasteiger charge is 2.31. The summed E-state index contributed by atoms with van der Waals surface area (Å²) < 4.78 is 11.7. The second-order valence-corrected chi connectivity index (χ2v) is 9.49. The first-order chi connectivity index (χ1) is 14.7. The maximum absolute atomic E-state index is 6.20. The molecule has 0 radical (unpaired) electrons. The summed E-state index contributed by atoms with van der Waals surface area (Å²) in [7, 11) is 1.75. The third kappa shape index (κ3) is 5.17. The zero-order valence-electron chi connectivity index (χ0n) is 19.8. The quantitative estimate of drug-likeness (QED) is 0.443. The van der Waals surface area contributed by atoms with Crippen molar-refractivity contribution in [2.75, 3.05) is 20.3 Å². The molecule has 1 N–H and O–H groups in total. The van der Waals surface area contributed by atoms with Gasteiger partial charge in [-0.2, -0.15) is 0 Å². The van der Waals surface area contributed by atoms with Crippen molar-refractivity contribution >= 4 is 12.2 Å². The molecule has 0 saturated carbocycles. The van der Waals surface area contributed by atoms with Crippen LogP contribution in [-0.2, 0) is 9.47 Å². The van der Waals surface area contributed by atoms with Crippen LogP contribution in [0.2, 0.25) is 0 Å². The van der Waals surface area contributed by atoms with Crippen LogP contribution in [0.15, 0.2) is 49.6 Å². The van der Waals surface area contributed by atoms with E-state index in [-0.39, 0.29) is 17.2 Å². The van der Waals surface area contributed by atoms with Gasteiger partial charge in [-0.1, -0.05) is 61.7 Å². The first kappa shape index (κ1) is 23.5. The van der Waals surface area contributed by atoms with E-state index in [1.54, 1.807) is 7.11 Å². The lowest BCUT2D eigenvalue weighted by molar-refractivity contribution is -0.0608. The van der Waals surface area contributed by atoms with Gasteiger partial charge in [0.25, 0.3) is 0 Å². The average molecular weight is 420 g/mol. The average Bonchev–Trinajstić information content (AvgIpc) is 3.07. The lowest BCUT2D eigenvalue weighted by Gasteiger charge is -2.29. The fourth-order valence-electron chi connectivity index (χ4n) is 4.23. The summed E-state index contributed by atoms with van der Waals surface area (Å²) >= 11 is 0. The number of methoxy groups -OCH3 is 1. The molecule has 0 amide bonds. The summed E-state index contributed by atoms with van der Waals surface area (Å²) in [6.45, 7) is 18.1. The van der Waals surface area contributed by atoms with Gasteiger partial charge in [0.15, 0.2) is 0 Å². The molecule has 2 aromatic rings. The summed E-state index contributed by atoms with van der Waals surface area (Å²) in [6.07, 6.45) is 5.69. The van der Waals surface area contributed by atoms with Gasteiger partial charge in [-0.3, -0.25) is 0 Å². The second-order valence-electron chi connectivity index (χ2n) is 9.49. The lowest BCUT2D eigenvalue weighted by Crippen LogP contribution is -2.33. The molecule has 3 rings (SSSR count). The van der Waals surface area contributed by atoms with Gasteiger partial charge in [-0.25, -0.2) is 0 Å². The number of nitrogens with one attached hydrogen (secondary N) is 1. The van der Waals surface area contributed by atoms with Gasteiger partial charge in [-0.15, -0.1) is 0 Å². The number of hydrogen-bond donors (Lipinski definition) is 1. The predicted octanol–water partition coefficient (Wildman–Crippen LogP) is 6.63. The molecule has 0 fully saturated rings. The molecule has 0 aliphatic heterocycles. The van der Waals surface area contributed by atoms with Crippen LogP contribution in [0, 0.1) is 0 Å². The van der Waals surface area contributed by atoms with Crippen LogP contribution >= 0.6 is 0 Å². The Balaban J connectivity index is 1.73. The van der Waals surface area contributed by atoms with Crippen LogP contribution in [-0.4, -0.2) is 31.5 Å². The van der Waals surface area contributed by atoms with Crippen molar-refractivity contribution in [1.82, 2.24) is 5.32 Å². The molecule has 3 nitrogen and oxygen atoms in total. The fourth-order valence-corrected chi connectivity index (χ4v) is 4.23. The normalized spacial score (nSPS) is 13.7. The van der Waals surface area contributed by atoms with Crippen LogP contribution in [0.4, 0.5) is 0 Å². The van der Waals surface area contributed by atoms with E-state index in [9.17, 15) is 0 Å². The number of rotatable bonds is 11. The summed E-state index contributed by atoms with van der Waals surface area (Å²) in [4.78, 5) is 0. The van der Waals surface area contributed by atoms with E-state index < -0.39 is 0 Å². The van der Waals surface area contributed by atoms with E-state index in [1.165, 1.54) is 33.4 Å². The molecule has 1 aliphatic carbocycles. The molecule has 0 heterocycles. The molecule has 0 atom stereocenters. The van der Waals surface area contributed by atoms with E-state index in [0.717, 1.165) is 19.4 Å². The third-order valence-electron chi connectivity index (χ3n) is 6.39. The van der Waals surface area contributed by atoms with Crippen LogP contribution in [0.1, 0.15) is 68.8 Å². The van der Waals surface area contributed by atoms with Crippen molar-refractivity contribution in [1.29, 1.82) is 0 Å². The Morgan fingerprint density at radius 3 is 1.90 bits per heavy atom. The van der Waals surface area contributed by atoms with E-state index in [0.29, 0.717) is 6.61 Å². The van der Waals surface area contributed by atoms with E-state index >= 15 is 0 Å². The van der Waals surface area contributed by atoms with Crippen molar-refractivity contribution < 1.29 is 9.47 Å². The highest BCUT2D eigenvalue weighted by atomic mass is 16.5. The molecular weight excluding hydrogens is 382 g/mol. The van der Waals surface area contributed by atoms with Gasteiger partial charge in [0.2, 0.25) is 0 Å². The Hall–Kier alpha value is -2.20. The minimum Gasteiger partial charge on any atom is -0.379 e. The largest absolute Gasteiger partial charge is 0.379 e. The van der Waals surface area contributed by atoms with Crippen molar-refractivity contribution in [2.24, 2.45) is 0 Å². The minimum absolute atomic E-state index is 0.155. The smallest absolute Gasteiger partial charge is 0.0644 e. The Bertz CT molecular complexity index is 885. The maximum Gasteiger partial charge on any atom is 0.0644 e. The monoisotopic (exact) mass is 419 g/mol. The number of fused-ring (bicyclic) bond motifs is 3. The summed E-state index contributed by atoms with van der Waals surface area (Å²) in [5, 5.41) is 3.80. The van der Waals surface area contributed by atoms with Crippen molar-refractivity contribution in [3.05, 3.63) is 71.8 Å². The van der Waals surface area contributed by atoms with Crippen LogP contribution in [0.25, 0.3) is 23.3 Å². The minimum atomic E-state index is -0.201. The molecule has 31 heavy (non-hydrogen) atoms. The molecule has 0 spiro atoms. The fraction of sp³-hybridized carbons (Fsp3) is 0.429. The molecule has 0 bridgehead atoms. The SMILES string of the molecule is C=Cc1cccc2c1-c1c(C=C)cccc1C2NCCC(C)(C)OCCC(C)(C)OC. The Morgan fingerprint density at radius 1 is 0.871 bits per heavy atom. The zero-order chi connectivity index (χ0) is 22.6. The van der Waals surface area contributed by atoms with E-state index in [2.05, 4.69) is 82.6 Å². The van der Waals surface area contributed by atoms with Crippen LogP contribution in [0.5, 0.6) is 0 Å². The number of hydrogen-bond acceptors (Lipinski definition) is 3. The Kier molecular flexibility index (Phi) is 7.20. The van der Waals surface area contributed by atoms with Gasteiger partial charge in [0.05, 0.1) is 23.9 Å². The van der Waals surface area contributed by atoms with Gasteiger partial charge in [0.1, 0.15) is 0 Å². The summed E-state index contributed by atoms with van der Waals surface area (Å²) in [5.41, 5.74) is 7.15. The molecule has 3 heteroatoms.